The third-order valence-electron chi connectivity index (χ3n) is 7.07. The SMILES string of the molecule is CCCNC(=O)[C@H](Cc1ccccc1)N(Cc1ccccc1)C(=O)CN(c1ccc(OCc2ccccc2)cc1)S(C)(=O)=O. The van der Waals surface area contributed by atoms with Gasteiger partial charge in [0.15, 0.2) is 0 Å². The van der Waals surface area contributed by atoms with Crippen molar-refractivity contribution >= 4 is 27.5 Å². The van der Waals surface area contributed by atoms with Crippen LogP contribution in [0.15, 0.2) is 115 Å². The molecule has 9 heteroatoms. The molecule has 4 rings (SSSR count). The molecular weight excluding hydrogens is 574 g/mol. The minimum atomic E-state index is -3.86. The predicted octanol–water partition coefficient (Wildman–Crippen LogP) is 5.20. The Kier molecular flexibility index (Phi) is 11.5. The third-order valence-corrected chi connectivity index (χ3v) is 8.21. The molecule has 8 nitrogen and oxygen atoms in total. The van der Waals surface area contributed by atoms with Crippen LogP contribution in [0.2, 0.25) is 0 Å². The maximum Gasteiger partial charge on any atom is 0.244 e. The van der Waals surface area contributed by atoms with E-state index in [2.05, 4.69) is 5.32 Å². The van der Waals surface area contributed by atoms with E-state index >= 15 is 0 Å². The molecule has 0 aliphatic carbocycles. The first-order valence-electron chi connectivity index (χ1n) is 14.6. The lowest BCUT2D eigenvalue weighted by molar-refractivity contribution is -0.140. The van der Waals surface area contributed by atoms with Crippen molar-refractivity contribution in [2.75, 3.05) is 23.7 Å². The van der Waals surface area contributed by atoms with E-state index in [-0.39, 0.29) is 18.9 Å². The van der Waals surface area contributed by atoms with Crippen LogP contribution in [0.4, 0.5) is 5.69 Å². The summed E-state index contributed by atoms with van der Waals surface area (Å²) in [5, 5.41) is 2.94. The summed E-state index contributed by atoms with van der Waals surface area (Å²) >= 11 is 0. The Hall–Kier alpha value is -4.63. The lowest BCUT2D eigenvalue weighted by atomic mass is 10.0. The van der Waals surface area contributed by atoms with Crippen molar-refractivity contribution in [1.82, 2.24) is 10.2 Å². The van der Waals surface area contributed by atoms with Gasteiger partial charge < -0.3 is 15.0 Å². The fourth-order valence-electron chi connectivity index (χ4n) is 4.76. The molecule has 0 radical (unpaired) electrons. The van der Waals surface area contributed by atoms with Gasteiger partial charge >= 0.3 is 0 Å². The highest BCUT2D eigenvalue weighted by Crippen LogP contribution is 2.24. The second-order valence-corrected chi connectivity index (χ2v) is 12.4. The average Bonchev–Trinajstić information content (AvgIpc) is 3.04. The van der Waals surface area contributed by atoms with Gasteiger partial charge in [-0.2, -0.15) is 0 Å². The molecule has 0 saturated heterocycles. The highest BCUT2D eigenvalue weighted by atomic mass is 32.2. The van der Waals surface area contributed by atoms with Gasteiger partial charge in [0.05, 0.1) is 11.9 Å². The third kappa shape index (κ3) is 9.44. The van der Waals surface area contributed by atoms with Crippen LogP contribution in [0.1, 0.15) is 30.0 Å². The normalized spacial score (nSPS) is 11.8. The summed E-state index contributed by atoms with van der Waals surface area (Å²) in [7, 11) is -3.86. The molecule has 1 N–H and O–H groups in total. The molecular formula is C35H39N3O5S. The monoisotopic (exact) mass is 613 g/mol. The van der Waals surface area contributed by atoms with Gasteiger partial charge in [-0.15, -0.1) is 0 Å². The predicted molar refractivity (Wildman–Crippen MR) is 174 cm³/mol. The van der Waals surface area contributed by atoms with Gasteiger partial charge in [-0.25, -0.2) is 8.42 Å². The number of nitrogens with one attached hydrogen (secondary N) is 1. The van der Waals surface area contributed by atoms with Gasteiger partial charge in [0.25, 0.3) is 0 Å². The molecule has 230 valence electrons. The minimum absolute atomic E-state index is 0.139. The number of amides is 2. The number of hydrogen-bond acceptors (Lipinski definition) is 5. The summed E-state index contributed by atoms with van der Waals surface area (Å²) in [6.45, 7) is 2.46. The molecule has 4 aromatic rings. The Morgan fingerprint density at radius 3 is 1.86 bits per heavy atom. The smallest absolute Gasteiger partial charge is 0.244 e. The zero-order chi connectivity index (χ0) is 31.4. The Labute approximate surface area is 260 Å². The second kappa shape index (κ2) is 15.7. The van der Waals surface area contributed by atoms with E-state index in [1.165, 1.54) is 4.90 Å². The van der Waals surface area contributed by atoms with Crippen molar-refractivity contribution in [3.8, 4) is 5.75 Å². The Balaban J connectivity index is 1.61. The van der Waals surface area contributed by atoms with Gasteiger partial charge in [0, 0.05) is 19.5 Å². The van der Waals surface area contributed by atoms with Gasteiger partial charge in [-0.1, -0.05) is 97.9 Å². The summed E-state index contributed by atoms with van der Waals surface area (Å²) in [6.07, 6.45) is 2.08. The van der Waals surface area contributed by atoms with E-state index in [0.717, 1.165) is 33.7 Å². The van der Waals surface area contributed by atoms with E-state index in [1.807, 2.05) is 97.9 Å². The van der Waals surface area contributed by atoms with Crippen molar-refractivity contribution in [2.24, 2.45) is 0 Å². The van der Waals surface area contributed by atoms with Gasteiger partial charge in [-0.05, 0) is 47.4 Å². The summed E-state index contributed by atoms with van der Waals surface area (Å²) in [6, 6.07) is 34.3. The van der Waals surface area contributed by atoms with Crippen molar-refractivity contribution < 1.29 is 22.7 Å². The van der Waals surface area contributed by atoms with Crippen LogP contribution in [-0.4, -0.2) is 50.5 Å². The fraction of sp³-hybridized carbons (Fsp3) is 0.257. The second-order valence-electron chi connectivity index (χ2n) is 10.5. The van der Waals surface area contributed by atoms with E-state index in [0.29, 0.717) is 24.6 Å². The number of hydrogen-bond donors (Lipinski definition) is 1. The van der Waals surface area contributed by atoms with Crippen molar-refractivity contribution in [3.05, 3.63) is 132 Å². The Morgan fingerprint density at radius 1 is 0.773 bits per heavy atom. The molecule has 0 unspecified atom stereocenters. The number of ether oxygens (including phenoxy) is 1. The van der Waals surface area contributed by atoms with Crippen LogP contribution in [0, 0.1) is 0 Å². The van der Waals surface area contributed by atoms with Crippen LogP contribution < -0.4 is 14.4 Å². The number of rotatable bonds is 15. The number of sulfonamides is 1. The number of carbonyl (C=O) groups excluding carboxylic acids is 2. The Bertz CT molecular complexity index is 1580. The molecule has 0 spiro atoms. The first kappa shape index (κ1) is 32.3. The van der Waals surface area contributed by atoms with E-state index < -0.39 is 28.5 Å². The summed E-state index contributed by atoms with van der Waals surface area (Å²) < 4.78 is 33.0. The maximum atomic E-state index is 14.1. The number of carbonyl (C=O) groups is 2. The van der Waals surface area contributed by atoms with Gasteiger partial charge in [-0.3, -0.25) is 13.9 Å². The van der Waals surface area contributed by atoms with Crippen molar-refractivity contribution in [1.29, 1.82) is 0 Å². The molecule has 4 aromatic carbocycles. The van der Waals surface area contributed by atoms with Gasteiger partial charge in [0.1, 0.15) is 24.9 Å². The molecule has 0 fully saturated rings. The number of nitrogens with zero attached hydrogens (tertiary/aromatic N) is 2. The van der Waals surface area contributed by atoms with E-state index in [1.54, 1.807) is 24.3 Å². The van der Waals surface area contributed by atoms with Gasteiger partial charge in [0.2, 0.25) is 21.8 Å². The first-order valence-corrected chi connectivity index (χ1v) is 16.5. The largest absolute Gasteiger partial charge is 0.489 e. The lowest BCUT2D eigenvalue weighted by Crippen LogP contribution is -2.53. The maximum absolute atomic E-state index is 14.1. The molecule has 2 amide bonds. The molecule has 44 heavy (non-hydrogen) atoms. The molecule has 1 atom stereocenters. The molecule has 0 bridgehead atoms. The quantitative estimate of drug-likeness (QED) is 0.199. The van der Waals surface area contributed by atoms with Crippen LogP contribution in [0.25, 0.3) is 0 Å². The zero-order valence-corrected chi connectivity index (χ0v) is 26.0. The molecule has 0 saturated carbocycles. The van der Waals surface area contributed by atoms with E-state index in [4.69, 9.17) is 4.74 Å². The van der Waals surface area contributed by atoms with Crippen molar-refractivity contribution in [3.63, 3.8) is 0 Å². The van der Waals surface area contributed by atoms with Crippen LogP contribution in [0.3, 0.4) is 0 Å². The Morgan fingerprint density at radius 2 is 1.32 bits per heavy atom. The summed E-state index contributed by atoms with van der Waals surface area (Å²) in [5.41, 5.74) is 3.04. The fourth-order valence-corrected chi connectivity index (χ4v) is 5.61. The standard InChI is InChI=1S/C35H39N3O5S/c1-3-23-36-35(40)33(24-28-13-7-4-8-14-28)37(25-29-15-9-5-10-16-29)34(39)26-38(44(2,41)42)31-19-21-32(22-20-31)43-27-30-17-11-6-12-18-30/h4-22,33H,3,23-27H2,1-2H3,(H,36,40)/t33-/m0/s1. The number of anilines is 1. The average molecular weight is 614 g/mol. The van der Waals surface area contributed by atoms with E-state index in [9.17, 15) is 18.0 Å². The molecule has 0 aliphatic rings. The first-order chi connectivity index (χ1) is 21.2. The molecule has 0 aromatic heterocycles. The molecule has 0 aliphatic heterocycles. The lowest BCUT2D eigenvalue weighted by Gasteiger charge is -2.33. The highest BCUT2D eigenvalue weighted by Gasteiger charge is 2.32. The van der Waals surface area contributed by atoms with Crippen molar-refractivity contribution in [2.45, 2.75) is 39.0 Å². The van der Waals surface area contributed by atoms with Crippen LogP contribution in [-0.2, 0) is 39.2 Å². The zero-order valence-electron chi connectivity index (χ0n) is 25.1. The minimum Gasteiger partial charge on any atom is -0.489 e. The molecule has 0 heterocycles. The highest BCUT2D eigenvalue weighted by molar-refractivity contribution is 7.92. The summed E-state index contributed by atoms with van der Waals surface area (Å²) in [4.78, 5) is 29.2. The number of benzene rings is 4. The van der Waals surface area contributed by atoms with Crippen LogP contribution >= 0.6 is 0 Å². The topological polar surface area (TPSA) is 96.0 Å². The summed E-state index contributed by atoms with van der Waals surface area (Å²) in [5.74, 6) is -0.208. The van der Waals surface area contributed by atoms with Crippen LogP contribution in [0.5, 0.6) is 5.75 Å².